The molecule has 0 saturated carbocycles. The molecule has 0 fully saturated rings. The van der Waals surface area contributed by atoms with Crippen LogP contribution in [-0.2, 0) is 6.42 Å². The second-order valence-electron chi connectivity index (χ2n) is 3.85. The Bertz CT molecular complexity index is 436. The number of nitrogens with two attached hydrogens (primary N) is 1. The molecule has 0 aliphatic rings. The summed E-state index contributed by atoms with van der Waals surface area (Å²) >= 11 is 5.83. The van der Waals surface area contributed by atoms with Gasteiger partial charge in [-0.15, -0.1) is 0 Å². The lowest BCUT2D eigenvalue weighted by molar-refractivity contribution is 0.722. The van der Waals surface area contributed by atoms with Gasteiger partial charge >= 0.3 is 0 Å². The van der Waals surface area contributed by atoms with E-state index >= 15 is 0 Å². The SMILES string of the molecule is N[C@@H](Cc1ccc(Cl)cc1)c1ccccc1. The summed E-state index contributed by atoms with van der Waals surface area (Å²) in [4.78, 5) is 0. The molecular formula is C14H14ClN. The molecule has 1 atom stereocenters. The quantitative estimate of drug-likeness (QED) is 0.859. The minimum Gasteiger partial charge on any atom is -0.324 e. The molecule has 2 N–H and O–H groups in total. The van der Waals surface area contributed by atoms with Crippen molar-refractivity contribution in [2.24, 2.45) is 5.73 Å². The molecule has 2 heteroatoms. The van der Waals surface area contributed by atoms with Gasteiger partial charge in [0.15, 0.2) is 0 Å². The van der Waals surface area contributed by atoms with Crippen LogP contribution >= 0.6 is 11.6 Å². The Morgan fingerprint density at radius 2 is 1.56 bits per heavy atom. The molecule has 0 heterocycles. The van der Waals surface area contributed by atoms with Crippen LogP contribution in [0.4, 0.5) is 0 Å². The molecule has 0 aliphatic heterocycles. The van der Waals surface area contributed by atoms with Crippen LogP contribution in [0.25, 0.3) is 0 Å². The van der Waals surface area contributed by atoms with Crippen LogP contribution in [-0.4, -0.2) is 0 Å². The predicted molar refractivity (Wildman–Crippen MR) is 68.5 cm³/mol. The minimum atomic E-state index is 0.0439. The molecular weight excluding hydrogens is 218 g/mol. The summed E-state index contributed by atoms with van der Waals surface area (Å²) in [6.45, 7) is 0. The van der Waals surface area contributed by atoms with Gasteiger partial charge in [-0.25, -0.2) is 0 Å². The highest BCUT2D eigenvalue weighted by Gasteiger charge is 2.05. The zero-order valence-electron chi connectivity index (χ0n) is 8.94. The van der Waals surface area contributed by atoms with E-state index in [4.69, 9.17) is 17.3 Å². The Morgan fingerprint density at radius 3 is 2.19 bits per heavy atom. The van der Waals surface area contributed by atoms with Gasteiger partial charge in [-0.05, 0) is 29.7 Å². The molecule has 1 nitrogen and oxygen atoms in total. The highest BCUT2D eigenvalue weighted by atomic mass is 35.5. The summed E-state index contributed by atoms with van der Waals surface area (Å²) in [6.07, 6.45) is 0.835. The molecule has 2 rings (SSSR count). The van der Waals surface area contributed by atoms with Crippen LogP contribution < -0.4 is 5.73 Å². The summed E-state index contributed by atoms with van der Waals surface area (Å²) in [6, 6.07) is 18.0. The van der Waals surface area contributed by atoms with Gasteiger partial charge in [0.05, 0.1) is 0 Å². The van der Waals surface area contributed by atoms with Crippen molar-refractivity contribution in [2.75, 3.05) is 0 Å². The summed E-state index contributed by atoms with van der Waals surface area (Å²) in [5.74, 6) is 0. The number of rotatable bonds is 3. The summed E-state index contributed by atoms with van der Waals surface area (Å²) in [5.41, 5.74) is 8.51. The zero-order chi connectivity index (χ0) is 11.4. The first kappa shape index (κ1) is 11.2. The first-order valence-electron chi connectivity index (χ1n) is 5.30. The summed E-state index contributed by atoms with van der Waals surface area (Å²) in [5, 5.41) is 0.761. The topological polar surface area (TPSA) is 26.0 Å². The number of halogens is 1. The fourth-order valence-electron chi connectivity index (χ4n) is 1.69. The third-order valence-corrected chi connectivity index (χ3v) is 2.85. The first-order chi connectivity index (χ1) is 7.75. The normalized spacial score (nSPS) is 12.4. The third-order valence-electron chi connectivity index (χ3n) is 2.60. The largest absolute Gasteiger partial charge is 0.324 e. The van der Waals surface area contributed by atoms with E-state index in [1.807, 2.05) is 42.5 Å². The molecule has 16 heavy (non-hydrogen) atoms. The Balaban J connectivity index is 2.08. The van der Waals surface area contributed by atoms with Crippen LogP contribution in [0.2, 0.25) is 5.02 Å². The van der Waals surface area contributed by atoms with Gasteiger partial charge in [0.2, 0.25) is 0 Å². The molecule has 2 aromatic rings. The molecule has 0 amide bonds. The van der Waals surface area contributed by atoms with Crippen molar-refractivity contribution in [2.45, 2.75) is 12.5 Å². The van der Waals surface area contributed by atoms with Gasteiger partial charge in [0.25, 0.3) is 0 Å². The molecule has 82 valence electrons. The third kappa shape index (κ3) is 2.84. The van der Waals surface area contributed by atoms with Gasteiger partial charge in [0, 0.05) is 11.1 Å². The highest BCUT2D eigenvalue weighted by Crippen LogP contribution is 2.17. The Labute approximate surface area is 101 Å². The molecule has 0 aliphatic carbocycles. The Hall–Kier alpha value is -1.31. The second kappa shape index (κ2) is 5.15. The van der Waals surface area contributed by atoms with E-state index in [2.05, 4.69) is 12.1 Å². The Kier molecular flexibility index (Phi) is 3.60. The first-order valence-corrected chi connectivity index (χ1v) is 5.68. The number of hydrogen-bond acceptors (Lipinski definition) is 1. The fraction of sp³-hybridized carbons (Fsp3) is 0.143. The predicted octanol–water partition coefficient (Wildman–Crippen LogP) is 3.58. The van der Waals surface area contributed by atoms with Crippen molar-refractivity contribution in [3.05, 3.63) is 70.7 Å². The van der Waals surface area contributed by atoms with Crippen molar-refractivity contribution in [3.8, 4) is 0 Å². The monoisotopic (exact) mass is 231 g/mol. The van der Waals surface area contributed by atoms with Crippen LogP contribution in [0.1, 0.15) is 17.2 Å². The molecule has 0 spiro atoms. The maximum Gasteiger partial charge on any atom is 0.0406 e. The van der Waals surface area contributed by atoms with E-state index in [1.54, 1.807) is 0 Å². The van der Waals surface area contributed by atoms with Gasteiger partial charge in [-0.2, -0.15) is 0 Å². The molecule has 2 aromatic carbocycles. The maximum absolute atomic E-state index is 6.13. The van der Waals surface area contributed by atoms with E-state index in [1.165, 1.54) is 5.56 Å². The summed E-state index contributed by atoms with van der Waals surface area (Å²) < 4.78 is 0. The van der Waals surface area contributed by atoms with E-state index in [-0.39, 0.29) is 6.04 Å². The van der Waals surface area contributed by atoms with E-state index in [0.29, 0.717) is 0 Å². The smallest absolute Gasteiger partial charge is 0.0406 e. The van der Waals surface area contributed by atoms with E-state index < -0.39 is 0 Å². The van der Waals surface area contributed by atoms with Crippen molar-refractivity contribution in [1.82, 2.24) is 0 Å². The average Bonchev–Trinajstić information content (AvgIpc) is 2.33. The van der Waals surface area contributed by atoms with E-state index in [9.17, 15) is 0 Å². The maximum atomic E-state index is 6.13. The number of benzene rings is 2. The zero-order valence-corrected chi connectivity index (χ0v) is 9.69. The average molecular weight is 232 g/mol. The van der Waals surface area contributed by atoms with Crippen LogP contribution in [0.15, 0.2) is 54.6 Å². The van der Waals surface area contributed by atoms with Gasteiger partial charge in [-0.3, -0.25) is 0 Å². The van der Waals surface area contributed by atoms with Crippen molar-refractivity contribution in [1.29, 1.82) is 0 Å². The van der Waals surface area contributed by atoms with E-state index in [0.717, 1.165) is 17.0 Å². The van der Waals surface area contributed by atoms with Gasteiger partial charge in [-0.1, -0.05) is 54.1 Å². The van der Waals surface area contributed by atoms with Gasteiger partial charge < -0.3 is 5.73 Å². The molecule has 0 radical (unpaired) electrons. The second-order valence-corrected chi connectivity index (χ2v) is 4.28. The van der Waals surface area contributed by atoms with Crippen LogP contribution in [0.3, 0.4) is 0 Å². The summed E-state index contributed by atoms with van der Waals surface area (Å²) in [7, 11) is 0. The van der Waals surface area contributed by atoms with Crippen molar-refractivity contribution in [3.63, 3.8) is 0 Å². The highest BCUT2D eigenvalue weighted by molar-refractivity contribution is 6.30. The van der Waals surface area contributed by atoms with Crippen LogP contribution in [0, 0.1) is 0 Å². The molecule has 0 saturated heterocycles. The molecule has 0 bridgehead atoms. The number of hydrogen-bond donors (Lipinski definition) is 1. The molecule has 0 aromatic heterocycles. The lowest BCUT2D eigenvalue weighted by Crippen LogP contribution is -2.12. The Morgan fingerprint density at radius 1 is 0.938 bits per heavy atom. The minimum absolute atomic E-state index is 0.0439. The van der Waals surface area contributed by atoms with Crippen molar-refractivity contribution >= 4 is 11.6 Å². The molecule has 0 unspecified atom stereocenters. The standard InChI is InChI=1S/C14H14ClN/c15-13-8-6-11(7-9-13)10-14(16)12-4-2-1-3-5-12/h1-9,14H,10,16H2/t14-/m0/s1. The fourth-order valence-corrected chi connectivity index (χ4v) is 1.82. The van der Waals surface area contributed by atoms with Crippen LogP contribution in [0.5, 0.6) is 0 Å². The van der Waals surface area contributed by atoms with Gasteiger partial charge in [0.1, 0.15) is 0 Å². The lowest BCUT2D eigenvalue weighted by atomic mass is 10.00. The van der Waals surface area contributed by atoms with Crippen molar-refractivity contribution < 1.29 is 0 Å². The lowest BCUT2D eigenvalue weighted by Gasteiger charge is -2.11.